The molecule has 12 heteroatoms. The van der Waals surface area contributed by atoms with E-state index >= 15 is 0 Å². The van der Waals surface area contributed by atoms with Gasteiger partial charge in [-0.1, -0.05) is 63.2 Å². The van der Waals surface area contributed by atoms with Gasteiger partial charge in [-0.2, -0.15) is 26.3 Å². The maximum absolute atomic E-state index is 13.0. The topological polar surface area (TPSA) is 93.1 Å². The van der Waals surface area contributed by atoms with E-state index in [1.165, 1.54) is 12.1 Å². The van der Waals surface area contributed by atoms with Crippen molar-refractivity contribution in [2.24, 2.45) is 0 Å². The van der Waals surface area contributed by atoms with Gasteiger partial charge in [0.2, 0.25) is 12.2 Å². The van der Waals surface area contributed by atoms with Gasteiger partial charge in [-0.25, -0.2) is 9.59 Å². The molecule has 0 amide bonds. The number of halogens is 6. The van der Waals surface area contributed by atoms with Crippen LogP contribution in [0.2, 0.25) is 0 Å². The number of rotatable bonds is 2. The molecule has 0 bridgehead atoms. The third-order valence-corrected chi connectivity index (χ3v) is 6.57. The summed E-state index contributed by atoms with van der Waals surface area (Å²) in [5.74, 6) is -3.12. The van der Waals surface area contributed by atoms with Gasteiger partial charge in [0.25, 0.3) is 0 Å². The number of carboxylic acid groups (broad SMARTS) is 2. The van der Waals surface area contributed by atoms with E-state index in [2.05, 4.69) is 0 Å². The predicted molar refractivity (Wildman–Crippen MR) is 141 cm³/mol. The highest BCUT2D eigenvalue weighted by Gasteiger charge is 2.48. The van der Waals surface area contributed by atoms with Crippen LogP contribution < -0.4 is 9.47 Å². The molecule has 0 fully saturated rings. The van der Waals surface area contributed by atoms with E-state index in [9.17, 15) is 35.9 Å². The van der Waals surface area contributed by atoms with Crippen LogP contribution in [0.5, 0.6) is 11.5 Å². The molecule has 2 unspecified atom stereocenters. The van der Waals surface area contributed by atoms with Crippen LogP contribution >= 0.6 is 0 Å². The van der Waals surface area contributed by atoms with Crippen molar-refractivity contribution in [1.82, 2.24) is 0 Å². The van der Waals surface area contributed by atoms with Crippen molar-refractivity contribution < 1.29 is 55.6 Å². The Morgan fingerprint density at radius 1 is 0.810 bits per heavy atom. The van der Waals surface area contributed by atoms with Gasteiger partial charge in [0.05, 0.1) is 11.1 Å². The highest BCUT2D eigenvalue weighted by atomic mass is 19.4. The molecule has 0 radical (unpaired) electrons. The SMILES string of the molecule is CC(C)(C)c1ccc2c(c1)OC(C(F)(F)F)C(C(=O)O)=C2.O=C(O)C1Oc2ccc3ccccc3c2C=C1C(F)(F)F. The molecular weight excluding hydrogens is 570 g/mol. The Balaban J connectivity index is 0.000000193. The van der Waals surface area contributed by atoms with E-state index in [1.807, 2.05) is 20.8 Å². The molecule has 0 saturated heterocycles. The van der Waals surface area contributed by atoms with Crippen molar-refractivity contribution in [2.75, 3.05) is 0 Å². The van der Waals surface area contributed by atoms with Crippen molar-refractivity contribution in [1.29, 1.82) is 0 Å². The molecule has 42 heavy (non-hydrogen) atoms. The molecule has 2 atom stereocenters. The van der Waals surface area contributed by atoms with Gasteiger partial charge in [0.1, 0.15) is 11.5 Å². The van der Waals surface area contributed by atoms with Gasteiger partial charge < -0.3 is 19.7 Å². The second-order valence-corrected chi connectivity index (χ2v) is 10.6. The van der Waals surface area contributed by atoms with Crippen LogP contribution in [0.25, 0.3) is 22.9 Å². The summed E-state index contributed by atoms with van der Waals surface area (Å²) in [6, 6.07) is 14.9. The quantitative estimate of drug-likeness (QED) is 0.300. The van der Waals surface area contributed by atoms with Crippen LogP contribution in [-0.2, 0) is 15.0 Å². The van der Waals surface area contributed by atoms with Crippen molar-refractivity contribution in [3.05, 3.63) is 82.4 Å². The van der Waals surface area contributed by atoms with Crippen molar-refractivity contribution in [2.45, 2.75) is 50.7 Å². The molecule has 6 nitrogen and oxygen atoms in total. The fourth-order valence-corrected chi connectivity index (χ4v) is 4.44. The molecule has 0 aromatic heterocycles. The fraction of sp³-hybridized carbons (Fsp3) is 0.267. The van der Waals surface area contributed by atoms with Crippen LogP contribution in [0.15, 0.2) is 65.7 Å². The third-order valence-electron chi connectivity index (χ3n) is 6.57. The van der Waals surface area contributed by atoms with Crippen molar-refractivity contribution in [3.63, 3.8) is 0 Å². The lowest BCUT2D eigenvalue weighted by Crippen LogP contribution is -2.40. The normalized spacial score (nSPS) is 18.2. The zero-order valence-electron chi connectivity index (χ0n) is 22.3. The first-order chi connectivity index (χ1) is 19.4. The highest BCUT2D eigenvalue weighted by Crippen LogP contribution is 2.41. The minimum absolute atomic E-state index is 0.0507. The third kappa shape index (κ3) is 6.22. The van der Waals surface area contributed by atoms with Crippen molar-refractivity contribution in [3.8, 4) is 11.5 Å². The number of alkyl halides is 6. The minimum atomic E-state index is -4.78. The van der Waals surface area contributed by atoms with E-state index in [1.54, 1.807) is 42.5 Å². The van der Waals surface area contributed by atoms with E-state index < -0.39 is 47.6 Å². The smallest absolute Gasteiger partial charge is 0.430 e. The van der Waals surface area contributed by atoms with Gasteiger partial charge in [0, 0.05) is 11.1 Å². The summed E-state index contributed by atoms with van der Waals surface area (Å²) in [5.41, 5.74) is -0.867. The Morgan fingerprint density at radius 2 is 1.48 bits per heavy atom. The summed E-state index contributed by atoms with van der Waals surface area (Å²) in [6.45, 7) is 5.78. The van der Waals surface area contributed by atoms with Gasteiger partial charge in [-0.15, -0.1) is 0 Å². The monoisotopic (exact) mass is 594 g/mol. The molecule has 0 spiro atoms. The number of aliphatic carboxylic acids is 2. The second kappa shape index (κ2) is 10.7. The van der Waals surface area contributed by atoms with Crippen LogP contribution in [0.4, 0.5) is 26.3 Å². The fourth-order valence-electron chi connectivity index (χ4n) is 4.44. The van der Waals surface area contributed by atoms with Crippen LogP contribution in [0.1, 0.15) is 37.5 Å². The zero-order chi connectivity index (χ0) is 31.2. The first kappa shape index (κ1) is 30.5. The van der Waals surface area contributed by atoms with E-state index in [-0.39, 0.29) is 22.5 Å². The standard InChI is InChI=1S/C15H9F3O3.C15H15F3O3/c16-15(17,18)11-7-10-9-4-2-1-3-8(9)5-6-12(10)21-13(11)14(19)20;1-14(2,3)9-5-4-8-6-10(13(19)20)12(15(16,17)18)21-11(8)7-9/h1-7,13H,(H,19,20);4-7,12H,1-3H3,(H,19,20). The number of carbonyl (C=O) groups is 2. The molecule has 5 rings (SSSR count). The molecule has 222 valence electrons. The average molecular weight is 595 g/mol. The van der Waals surface area contributed by atoms with Gasteiger partial charge in [-0.05, 0) is 46.0 Å². The number of carboxylic acids is 2. The van der Waals surface area contributed by atoms with Crippen LogP contribution in [0, 0.1) is 0 Å². The van der Waals surface area contributed by atoms with Gasteiger partial charge in [0.15, 0.2) is 0 Å². The maximum atomic E-state index is 13.0. The highest BCUT2D eigenvalue weighted by molar-refractivity contribution is 5.96. The summed E-state index contributed by atoms with van der Waals surface area (Å²) >= 11 is 0. The molecule has 3 aromatic rings. The van der Waals surface area contributed by atoms with Crippen molar-refractivity contribution >= 4 is 34.9 Å². The maximum Gasteiger partial charge on any atom is 0.430 e. The Kier molecular flexibility index (Phi) is 7.79. The molecule has 2 N–H and O–H groups in total. The summed E-state index contributed by atoms with van der Waals surface area (Å²) < 4.78 is 87.9. The number of ether oxygens (including phenoxy) is 2. The minimum Gasteiger partial charge on any atom is -0.478 e. The second-order valence-electron chi connectivity index (χ2n) is 10.6. The average Bonchev–Trinajstić information content (AvgIpc) is 2.90. The Bertz CT molecular complexity index is 1610. The van der Waals surface area contributed by atoms with Crippen LogP contribution in [-0.4, -0.2) is 46.7 Å². The Morgan fingerprint density at radius 3 is 2.05 bits per heavy atom. The molecule has 2 heterocycles. The summed E-state index contributed by atoms with van der Waals surface area (Å²) in [5, 5.41) is 19.2. The lowest BCUT2D eigenvalue weighted by molar-refractivity contribution is -0.187. The Hall–Kier alpha value is -4.48. The lowest BCUT2D eigenvalue weighted by Gasteiger charge is -2.28. The first-order valence-corrected chi connectivity index (χ1v) is 12.4. The molecule has 3 aromatic carbocycles. The van der Waals surface area contributed by atoms with Gasteiger partial charge in [-0.3, -0.25) is 0 Å². The molecule has 0 saturated carbocycles. The van der Waals surface area contributed by atoms with Gasteiger partial charge >= 0.3 is 24.3 Å². The summed E-state index contributed by atoms with van der Waals surface area (Å²) in [7, 11) is 0. The summed E-state index contributed by atoms with van der Waals surface area (Å²) in [6.07, 6.45) is -12.2. The summed E-state index contributed by atoms with van der Waals surface area (Å²) in [4.78, 5) is 22.0. The molecule has 2 aliphatic rings. The molecular formula is C30H24F6O6. The van der Waals surface area contributed by atoms with E-state index in [0.29, 0.717) is 10.9 Å². The number of benzene rings is 3. The van der Waals surface area contributed by atoms with Crippen LogP contribution in [0.3, 0.4) is 0 Å². The largest absolute Gasteiger partial charge is 0.478 e. The predicted octanol–water partition coefficient (Wildman–Crippen LogP) is 7.41. The zero-order valence-corrected chi connectivity index (χ0v) is 22.3. The molecule has 0 aliphatic carbocycles. The Labute approximate surface area is 235 Å². The number of fused-ring (bicyclic) bond motifs is 4. The number of hydrogen-bond donors (Lipinski definition) is 2. The molecule has 2 aliphatic heterocycles. The lowest BCUT2D eigenvalue weighted by atomic mass is 9.86. The van der Waals surface area contributed by atoms with E-state index in [4.69, 9.17) is 19.7 Å². The number of hydrogen-bond acceptors (Lipinski definition) is 4. The van der Waals surface area contributed by atoms with E-state index in [0.717, 1.165) is 23.1 Å². The first-order valence-electron chi connectivity index (χ1n) is 12.4.